The highest BCUT2D eigenvalue weighted by Gasteiger charge is 2.53. The monoisotopic (exact) mass is 562 g/mol. The molecule has 1 amide bonds. The Bertz CT molecular complexity index is 1690. The van der Waals surface area contributed by atoms with Crippen molar-refractivity contribution in [3.8, 4) is 21.0 Å². The maximum absolute atomic E-state index is 14.9. The van der Waals surface area contributed by atoms with Crippen molar-refractivity contribution in [2.45, 2.75) is 31.3 Å². The second kappa shape index (κ2) is 9.58. The third-order valence-corrected chi connectivity index (χ3v) is 9.32. The van der Waals surface area contributed by atoms with Gasteiger partial charge in [-0.1, -0.05) is 47.7 Å². The van der Waals surface area contributed by atoms with Crippen molar-refractivity contribution in [1.29, 1.82) is 0 Å². The number of amides is 1. The molecule has 198 valence electrons. The number of carbonyl (C=O) groups excluding carboxylic acids is 1. The van der Waals surface area contributed by atoms with Gasteiger partial charge in [0.2, 0.25) is 0 Å². The van der Waals surface area contributed by atoms with Gasteiger partial charge >= 0.3 is 12.1 Å². The van der Waals surface area contributed by atoms with Crippen molar-refractivity contribution in [3.63, 3.8) is 0 Å². The minimum Gasteiger partial charge on any atom is -0.481 e. The van der Waals surface area contributed by atoms with Gasteiger partial charge in [-0.2, -0.15) is 0 Å². The number of hydrogen-bond acceptors (Lipinski definition) is 7. The van der Waals surface area contributed by atoms with E-state index in [1.807, 2.05) is 42.5 Å². The van der Waals surface area contributed by atoms with E-state index in [1.54, 1.807) is 26.1 Å². The van der Waals surface area contributed by atoms with E-state index in [-0.39, 0.29) is 5.56 Å². The van der Waals surface area contributed by atoms with Crippen molar-refractivity contribution < 1.29 is 23.8 Å². The van der Waals surface area contributed by atoms with E-state index in [0.717, 1.165) is 24.7 Å². The van der Waals surface area contributed by atoms with Crippen LogP contribution in [0.3, 0.4) is 0 Å². The molecule has 1 saturated carbocycles. The number of carboxylic acids is 1. The van der Waals surface area contributed by atoms with Gasteiger partial charge in [-0.25, -0.2) is 13.9 Å². The van der Waals surface area contributed by atoms with Crippen LogP contribution in [-0.4, -0.2) is 32.2 Å². The quantitative estimate of drug-likeness (QED) is 0.221. The van der Waals surface area contributed by atoms with Crippen molar-refractivity contribution in [1.82, 2.24) is 15.0 Å². The molecule has 1 aliphatic rings. The molecule has 0 unspecified atom stereocenters. The summed E-state index contributed by atoms with van der Waals surface area (Å²) in [5.41, 5.74) is 1.27. The third-order valence-electron chi connectivity index (χ3n) is 6.97. The van der Waals surface area contributed by atoms with Crippen LogP contribution in [-0.2, 0) is 22.0 Å². The molecule has 8 nitrogen and oxygen atoms in total. The Balaban J connectivity index is 1.22. The number of thiophene rings is 2. The minimum absolute atomic E-state index is 0.249. The number of nitrogens with zero attached hydrogens (tertiary/aromatic N) is 3. The number of ether oxygens (including phenoxy) is 1. The van der Waals surface area contributed by atoms with E-state index in [1.165, 1.54) is 33.4 Å². The number of carboxylic acid groups (broad SMARTS) is 1. The van der Waals surface area contributed by atoms with Crippen LogP contribution >= 0.6 is 22.7 Å². The van der Waals surface area contributed by atoms with Gasteiger partial charge in [0.15, 0.2) is 5.82 Å². The third kappa shape index (κ3) is 4.57. The summed E-state index contributed by atoms with van der Waals surface area (Å²) in [5.74, 6) is -1.05. The van der Waals surface area contributed by atoms with Crippen LogP contribution < -0.4 is 5.32 Å². The van der Waals surface area contributed by atoms with E-state index in [9.17, 15) is 19.1 Å². The summed E-state index contributed by atoms with van der Waals surface area (Å²) in [6, 6.07) is 18.2. The largest absolute Gasteiger partial charge is 0.481 e. The topological polar surface area (TPSA) is 106 Å². The minimum atomic E-state index is -1.08. The normalized spacial score (nSPS) is 14.7. The summed E-state index contributed by atoms with van der Waals surface area (Å²) < 4.78 is 23.9. The maximum atomic E-state index is 14.9. The van der Waals surface area contributed by atoms with Gasteiger partial charge in [-0.3, -0.25) is 10.1 Å². The van der Waals surface area contributed by atoms with Gasteiger partial charge < -0.3 is 9.84 Å². The lowest BCUT2D eigenvalue weighted by Gasteiger charge is -2.14. The van der Waals surface area contributed by atoms with Gasteiger partial charge in [-0.05, 0) is 49.1 Å². The molecule has 1 fully saturated rings. The molecule has 1 aliphatic carbocycles. The molecule has 3 heterocycles. The van der Waals surface area contributed by atoms with E-state index < -0.39 is 29.4 Å². The van der Waals surface area contributed by atoms with Gasteiger partial charge in [0.1, 0.15) is 17.6 Å². The van der Waals surface area contributed by atoms with Crippen molar-refractivity contribution in [3.05, 3.63) is 77.6 Å². The highest BCUT2D eigenvalue weighted by atomic mass is 32.1. The Labute approximate surface area is 230 Å². The fraction of sp³-hybridized carbons (Fsp3) is 0.214. The molecule has 39 heavy (non-hydrogen) atoms. The number of nitrogens with one attached hydrogen (secondary N) is 1. The number of benzene rings is 2. The van der Waals surface area contributed by atoms with Crippen LogP contribution in [0.25, 0.3) is 30.4 Å². The van der Waals surface area contributed by atoms with Crippen molar-refractivity contribution in [2.24, 2.45) is 7.05 Å². The lowest BCUT2D eigenvalue weighted by molar-refractivity contribution is -0.140. The molecule has 0 spiro atoms. The maximum Gasteiger partial charge on any atom is 0.413 e. The number of fused-ring (bicyclic) bond motifs is 1. The first-order valence-corrected chi connectivity index (χ1v) is 13.9. The molecule has 2 aromatic carbocycles. The summed E-state index contributed by atoms with van der Waals surface area (Å²) in [6.45, 7) is 1.80. The number of anilines is 1. The molecule has 0 saturated heterocycles. The first kappa shape index (κ1) is 25.2. The first-order valence-electron chi connectivity index (χ1n) is 12.2. The van der Waals surface area contributed by atoms with Gasteiger partial charge in [0, 0.05) is 26.9 Å². The van der Waals surface area contributed by atoms with Crippen LogP contribution in [0, 0.1) is 5.82 Å². The number of aromatic nitrogens is 3. The zero-order valence-corrected chi connectivity index (χ0v) is 22.6. The average Bonchev–Trinajstić information content (AvgIpc) is 3.31. The second-order valence-corrected chi connectivity index (χ2v) is 11.7. The lowest BCUT2D eigenvalue weighted by Crippen LogP contribution is -2.20. The molecule has 5 aromatic rings. The molecular formula is C28H23FN4O4S2. The standard InChI is InChI=1S/C28H23FN4O4S2/c1-15(16-6-4-3-5-7-16)37-27(36)30-25-24(31-32-33(25)2)23-14-22-21(39-23)13-20(38-22)17-8-9-18(19(29)12-17)28(10-11-28)26(34)35/h3-9,12-15H,10-11H2,1-2H3,(H,30,36)(H,34,35)/t15-/m1/s1. The van der Waals surface area contributed by atoms with Gasteiger partial charge in [0.25, 0.3) is 0 Å². The predicted octanol–water partition coefficient (Wildman–Crippen LogP) is 6.99. The Morgan fingerprint density at radius 1 is 1.08 bits per heavy atom. The number of aryl methyl sites for hydroxylation is 1. The number of rotatable bonds is 7. The van der Waals surface area contributed by atoms with Crippen LogP contribution in [0.2, 0.25) is 0 Å². The van der Waals surface area contributed by atoms with Crippen molar-refractivity contribution >= 4 is 50.0 Å². The SMILES string of the molecule is C[C@@H](OC(=O)Nc1c(-c2cc3sc(-c4ccc(C5(C(=O)O)CC5)c(F)c4)cc3s2)nnn1C)c1ccccc1. The Hall–Kier alpha value is -4.09. The molecule has 11 heteroatoms. The summed E-state index contributed by atoms with van der Waals surface area (Å²) in [6.07, 6.45) is -0.128. The Morgan fingerprint density at radius 2 is 1.77 bits per heavy atom. The molecule has 0 aliphatic heterocycles. The number of carbonyl (C=O) groups is 2. The summed E-state index contributed by atoms with van der Waals surface area (Å²) in [4.78, 5) is 26.0. The molecular weight excluding hydrogens is 539 g/mol. The van der Waals surface area contributed by atoms with Crippen LogP contribution in [0.1, 0.15) is 37.0 Å². The number of hydrogen-bond donors (Lipinski definition) is 2. The lowest BCUT2D eigenvalue weighted by atomic mass is 9.94. The van der Waals surface area contributed by atoms with E-state index >= 15 is 0 Å². The van der Waals surface area contributed by atoms with Crippen LogP contribution in [0.4, 0.5) is 15.0 Å². The fourth-order valence-electron chi connectivity index (χ4n) is 4.62. The average molecular weight is 563 g/mol. The van der Waals surface area contributed by atoms with E-state index in [0.29, 0.717) is 29.9 Å². The molecule has 0 bridgehead atoms. The predicted molar refractivity (Wildman–Crippen MR) is 149 cm³/mol. The van der Waals surface area contributed by atoms with Crippen LogP contribution in [0.5, 0.6) is 0 Å². The summed E-state index contributed by atoms with van der Waals surface area (Å²) in [5, 5.41) is 20.6. The van der Waals surface area contributed by atoms with Gasteiger partial charge in [-0.15, -0.1) is 27.8 Å². The van der Waals surface area contributed by atoms with Gasteiger partial charge in [0.05, 0.1) is 10.3 Å². The summed E-state index contributed by atoms with van der Waals surface area (Å²) >= 11 is 2.99. The highest BCUT2D eigenvalue weighted by Crippen LogP contribution is 2.50. The highest BCUT2D eigenvalue weighted by molar-refractivity contribution is 7.31. The van der Waals surface area contributed by atoms with Crippen molar-refractivity contribution in [2.75, 3.05) is 5.32 Å². The van der Waals surface area contributed by atoms with E-state index in [2.05, 4.69) is 15.6 Å². The van der Waals surface area contributed by atoms with Crippen LogP contribution in [0.15, 0.2) is 60.7 Å². The molecule has 2 N–H and O–H groups in total. The second-order valence-electron chi connectivity index (χ2n) is 9.53. The smallest absolute Gasteiger partial charge is 0.413 e. The molecule has 1 atom stereocenters. The molecule has 6 rings (SSSR count). The zero-order chi connectivity index (χ0) is 27.3. The summed E-state index contributed by atoms with van der Waals surface area (Å²) in [7, 11) is 1.69. The zero-order valence-electron chi connectivity index (χ0n) is 21.0. The Morgan fingerprint density at radius 3 is 2.44 bits per heavy atom. The number of aliphatic carboxylic acids is 1. The number of halogens is 1. The molecule has 0 radical (unpaired) electrons. The Kier molecular flexibility index (Phi) is 6.19. The van der Waals surface area contributed by atoms with E-state index in [4.69, 9.17) is 4.74 Å². The first-order chi connectivity index (χ1) is 18.7. The fourth-order valence-corrected chi connectivity index (χ4v) is 6.99. The molecule has 3 aromatic heterocycles.